The van der Waals surface area contributed by atoms with Gasteiger partial charge in [-0.05, 0) is 55.0 Å². The number of aryl methyl sites for hydroxylation is 1. The Labute approximate surface area is 176 Å². The van der Waals surface area contributed by atoms with E-state index in [4.69, 9.17) is 0 Å². The first kappa shape index (κ1) is 19.8. The number of piperidine rings is 1. The predicted molar refractivity (Wildman–Crippen MR) is 119 cm³/mol. The van der Waals surface area contributed by atoms with Gasteiger partial charge in [0.05, 0.1) is 10.6 Å². The van der Waals surface area contributed by atoms with E-state index in [0.29, 0.717) is 28.0 Å². The predicted octanol–water partition coefficient (Wildman–Crippen LogP) is 5.20. The molecule has 2 heterocycles. The lowest BCUT2D eigenvalue weighted by Gasteiger charge is -2.35. The summed E-state index contributed by atoms with van der Waals surface area (Å²) in [6.45, 7) is 8.03. The van der Waals surface area contributed by atoms with Gasteiger partial charge in [0.15, 0.2) is 0 Å². The number of amides is 2. The normalized spacial score (nSPS) is 22.9. The Morgan fingerprint density at radius 1 is 1.10 bits per heavy atom. The fourth-order valence-electron chi connectivity index (χ4n) is 4.12. The largest absolute Gasteiger partial charge is 0.338 e. The zero-order valence-electron chi connectivity index (χ0n) is 17.1. The van der Waals surface area contributed by atoms with Crippen molar-refractivity contribution in [3.05, 3.63) is 64.1 Å². The number of thioether (sulfide) groups is 1. The minimum Gasteiger partial charge on any atom is -0.338 e. The van der Waals surface area contributed by atoms with E-state index in [1.165, 1.54) is 17.3 Å². The summed E-state index contributed by atoms with van der Waals surface area (Å²) >= 11 is 1.45. The van der Waals surface area contributed by atoms with E-state index in [1.54, 1.807) is 0 Å². The van der Waals surface area contributed by atoms with Gasteiger partial charge in [-0.15, -0.1) is 0 Å². The van der Waals surface area contributed by atoms with Crippen LogP contribution < -0.4 is 5.32 Å². The topological polar surface area (TPSA) is 49.4 Å². The number of carbonyl (C=O) groups excluding carboxylic acids is 2. The van der Waals surface area contributed by atoms with Gasteiger partial charge in [0.25, 0.3) is 11.8 Å². The van der Waals surface area contributed by atoms with Gasteiger partial charge in [-0.2, -0.15) is 0 Å². The third kappa shape index (κ3) is 4.40. The first-order valence-electron chi connectivity index (χ1n) is 10.1. The number of nitrogens with zero attached hydrogens (tertiary/aromatic N) is 1. The zero-order valence-corrected chi connectivity index (χ0v) is 17.9. The SMILES string of the molecule is Cc1ccc(/C=C2/Sc3ccc(C(=O)N4CC(C)CC(C)C4)cc3NC2=O)cc1. The minimum absolute atomic E-state index is 0.0476. The number of carbonyl (C=O) groups is 2. The van der Waals surface area contributed by atoms with Crippen LogP contribution in [0.25, 0.3) is 6.08 Å². The second-order valence-electron chi connectivity index (χ2n) is 8.34. The fourth-order valence-corrected chi connectivity index (χ4v) is 5.05. The highest BCUT2D eigenvalue weighted by atomic mass is 32.2. The molecular formula is C24H26N2O2S. The smallest absolute Gasteiger partial charge is 0.262 e. The van der Waals surface area contributed by atoms with Crippen molar-refractivity contribution in [3.8, 4) is 0 Å². The van der Waals surface area contributed by atoms with Crippen LogP contribution >= 0.6 is 11.8 Å². The molecule has 1 saturated heterocycles. The molecule has 150 valence electrons. The van der Waals surface area contributed by atoms with Gasteiger partial charge < -0.3 is 10.2 Å². The standard InChI is InChI=1S/C24H26N2O2S/c1-15-4-6-18(7-5-15)11-22-23(27)25-20-12-19(8-9-21(20)29-22)24(28)26-13-16(2)10-17(3)14-26/h4-9,11-12,16-17H,10,13-14H2,1-3H3,(H,25,27)/b22-11+. The Morgan fingerprint density at radius 2 is 1.79 bits per heavy atom. The Morgan fingerprint density at radius 3 is 2.48 bits per heavy atom. The lowest BCUT2D eigenvalue weighted by Crippen LogP contribution is -2.42. The van der Waals surface area contributed by atoms with E-state index in [-0.39, 0.29) is 11.8 Å². The molecule has 0 aromatic heterocycles. The third-order valence-corrected chi connectivity index (χ3v) is 6.55. The molecule has 1 N–H and O–H groups in total. The summed E-state index contributed by atoms with van der Waals surface area (Å²) in [5.74, 6) is 0.953. The van der Waals surface area contributed by atoms with E-state index in [1.807, 2.05) is 60.4 Å². The van der Waals surface area contributed by atoms with Crippen molar-refractivity contribution in [1.29, 1.82) is 0 Å². The van der Waals surface area contributed by atoms with Crippen LogP contribution in [0.4, 0.5) is 5.69 Å². The molecular weight excluding hydrogens is 380 g/mol. The lowest BCUT2D eigenvalue weighted by atomic mass is 9.91. The first-order valence-corrected chi connectivity index (χ1v) is 10.9. The molecule has 2 aromatic carbocycles. The number of hydrogen-bond acceptors (Lipinski definition) is 3. The molecule has 0 radical (unpaired) electrons. The van der Waals surface area contributed by atoms with Crippen LogP contribution in [0.5, 0.6) is 0 Å². The summed E-state index contributed by atoms with van der Waals surface area (Å²) in [6.07, 6.45) is 3.06. The van der Waals surface area contributed by atoms with E-state index in [2.05, 4.69) is 19.2 Å². The van der Waals surface area contributed by atoms with Crippen LogP contribution in [0.1, 0.15) is 41.8 Å². The number of benzene rings is 2. The van der Waals surface area contributed by atoms with E-state index in [0.717, 1.165) is 30.0 Å². The number of rotatable bonds is 2. The van der Waals surface area contributed by atoms with Crippen LogP contribution in [0.3, 0.4) is 0 Å². The number of anilines is 1. The number of nitrogens with one attached hydrogen (secondary N) is 1. The van der Waals surface area contributed by atoms with Gasteiger partial charge in [-0.25, -0.2) is 0 Å². The molecule has 2 aromatic rings. The van der Waals surface area contributed by atoms with E-state index >= 15 is 0 Å². The average Bonchev–Trinajstić information content (AvgIpc) is 2.68. The highest BCUT2D eigenvalue weighted by Crippen LogP contribution is 2.39. The monoisotopic (exact) mass is 406 g/mol. The second kappa shape index (κ2) is 8.07. The molecule has 0 spiro atoms. The van der Waals surface area contributed by atoms with Crippen LogP contribution in [0.2, 0.25) is 0 Å². The molecule has 4 rings (SSSR count). The van der Waals surface area contributed by atoms with Crippen LogP contribution in [0, 0.1) is 18.8 Å². The summed E-state index contributed by atoms with van der Waals surface area (Å²) < 4.78 is 0. The van der Waals surface area contributed by atoms with Gasteiger partial charge >= 0.3 is 0 Å². The maximum Gasteiger partial charge on any atom is 0.262 e. The number of fused-ring (bicyclic) bond motifs is 1. The van der Waals surface area contributed by atoms with E-state index < -0.39 is 0 Å². The maximum absolute atomic E-state index is 13.0. The van der Waals surface area contributed by atoms with Crippen LogP contribution in [0.15, 0.2) is 52.3 Å². The summed E-state index contributed by atoms with van der Waals surface area (Å²) in [7, 11) is 0. The van der Waals surface area contributed by atoms with Crippen molar-refractivity contribution < 1.29 is 9.59 Å². The molecule has 2 unspecified atom stereocenters. The summed E-state index contributed by atoms with van der Waals surface area (Å²) in [4.78, 5) is 29.1. The maximum atomic E-state index is 13.0. The zero-order chi connectivity index (χ0) is 20.5. The molecule has 5 heteroatoms. The Bertz CT molecular complexity index is 971. The molecule has 4 nitrogen and oxygen atoms in total. The molecule has 0 bridgehead atoms. The third-order valence-electron chi connectivity index (χ3n) is 5.45. The minimum atomic E-state index is -0.132. The van der Waals surface area contributed by atoms with Gasteiger partial charge in [0.1, 0.15) is 0 Å². The van der Waals surface area contributed by atoms with E-state index in [9.17, 15) is 9.59 Å². The van der Waals surface area contributed by atoms with Crippen molar-refractivity contribution in [2.75, 3.05) is 18.4 Å². The number of hydrogen-bond donors (Lipinski definition) is 1. The van der Waals surface area contributed by atoms with Crippen molar-refractivity contribution >= 4 is 35.3 Å². The van der Waals surface area contributed by atoms with Crippen LogP contribution in [-0.4, -0.2) is 29.8 Å². The highest BCUT2D eigenvalue weighted by Gasteiger charge is 2.28. The molecule has 2 amide bonds. The quantitative estimate of drug-likeness (QED) is 0.698. The highest BCUT2D eigenvalue weighted by molar-refractivity contribution is 8.04. The van der Waals surface area contributed by atoms with Crippen molar-refractivity contribution in [2.24, 2.45) is 11.8 Å². The summed E-state index contributed by atoms with van der Waals surface area (Å²) in [5, 5.41) is 2.96. The molecule has 2 aliphatic rings. The Balaban J connectivity index is 1.55. The van der Waals surface area contributed by atoms with Gasteiger partial charge in [-0.3, -0.25) is 9.59 Å². The first-order chi connectivity index (χ1) is 13.9. The van der Waals surface area contributed by atoms with Gasteiger partial charge in [0.2, 0.25) is 0 Å². The Hall–Kier alpha value is -2.53. The average molecular weight is 407 g/mol. The summed E-state index contributed by atoms with van der Waals surface area (Å²) in [5.41, 5.74) is 3.53. The molecule has 0 saturated carbocycles. The molecule has 2 atom stereocenters. The van der Waals surface area contributed by atoms with Gasteiger partial charge in [0, 0.05) is 23.5 Å². The van der Waals surface area contributed by atoms with Crippen molar-refractivity contribution in [2.45, 2.75) is 32.1 Å². The molecule has 0 aliphatic carbocycles. The second-order valence-corrected chi connectivity index (χ2v) is 9.43. The van der Waals surface area contributed by atoms with Crippen molar-refractivity contribution in [1.82, 2.24) is 4.90 Å². The molecule has 29 heavy (non-hydrogen) atoms. The van der Waals surface area contributed by atoms with Crippen molar-refractivity contribution in [3.63, 3.8) is 0 Å². The summed E-state index contributed by atoms with van der Waals surface area (Å²) in [6, 6.07) is 13.7. The number of likely N-dealkylation sites (tertiary alicyclic amines) is 1. The fraction of sp³-hybridized carbons (Fsp3) is 0.333. The van der Waals surface area contributed by atoms with Crippen LogP contribution in [-0.2, 0) is 4.79 Å². The Kier molecular flexibility index (Phi) is 5.50. The molecule has 1 fully saturated rings. The molecule has 2 aliphatic heterocycles. The lowest BCUT2D eigenvalue weighted by molar-refractivity contribution is -0.112. The van der Waals surface area contributed by atoms with Gasteiger partial charge in [-0.1, -0.05) is 55.4 Å².